The van der Waals surface area contributed by atoms with Crippen molar-refractivity contribution >= 4 is 0 Å². The summed E-state index contributed by atoms with van der Waals surface area (Å²) >= 11 is 0. The molecule has 2 heterocycles. The molecule has 0 aromatic rings. The van der Waals surface area contributed by atoms with Crippen LogP contribution in [-0.2, 0) is 23.8 Å². The SMILES string of the molecule is CC1(C)[C@H]2CC=C3[C@@H](OO)[C@@](C)([C@@H](O)CO[C@H]4O[C@H](CO)[C@@H](O)[C@H](O)[C@H]4O)CC[C@@H]3[C@]2(C)CC[C@H]1O[C@H]1O[C@H](CO)[C@@H](O)[C@H](O)[C@H]1O. The minimum Gasteiger partial charge on any atom is -0.394 e. The lowest BCUT2D eigenvalue weighted by atomic mass is 9.44. The molecule has 2 saturated carbocycles. The normalized spacial score (nSPS) is 50.6. The van der Waals surface area contributed by atoms with Gasteiger partial charge in [-0.1, -0.05) is 33.8 Å². The van der Waals surface area contributed by atoms with Gasteiger partial charge in [0.25, 0.3) is 0 Å². The first kappa shape index (κ1) is 37.4. The maximum atomic E-state index is 11.4. The van der Waals surface area contributed by atoms with Crippen LogP contribution < -0.4 is 0 Å². The zero-order chi connectivity index (χ0) is 34.6. The van der Waals surface area contributed by atoms with Crippen molar-refractivity contribution in [3.05, 3.63) is 11.6 Å². The quantitative estimate of drug-likeness (QED) is 0.0749. The molecular weight excluding hydrogens is 624 g/mol. The highest BCUT2D eigenvalue weighted by molar-refractivity contribution is 5.29. The van der Waals surface area contributed by atoms with Crippen molar-refractivity contribution in [2.24, 2.45) is 28.1 Å². The highest BCUT2D eigenvalue weighted by atomic mass is 17.1. The highest BCUT2D eigenvalue weighted by Crippen LogP contribution is 2.64. The van der Waals surface area contributed by atoms with E-state index in [1.54, 1.807) is 6.92 Å². The van der Waals surface area contributed by atoms with Gasteiger partial charge in [-0.05, 0) is 60.3 Å². The van der Waals surface area contributed by atoms with Crippen molar-refractivity contribution in [3.63, 3.8) is 0 Å². The van der Waals surface area contributed by atoms with Gasteiger partial charge in [0.05, 0.1) is 32.0 Å². The highest BCUT2D eigenvalue weighted by Gasteiger charge is 2.61. The Morgan fingerprint density at radius 2 is 1.38 bits per heavy atom. The molecule has 0 aromatic carbocycles. The molecule has 0 spiro atoms. The van der Waals surface area contributed by atoms with Crippen LogP contribution >= 0.6 is 0 Å². The Kier molecular flexibility index (Phi) is 11.2. The molecule has 15 nitrogen and oxygen atoms in total. The van der Waals surface area contributed by atoms with E-state index in [-0.39, 0.29) is 30.0 Å². The largest absolute Gasteiger partial charge is 0.394 e. The molecule has 5 rings (SSSR count). The van der Waals surface area contributed by atoms with E-state index in [4.69, 9.17) is 23.8 Å². The number of hydrogen-bond donors (Lipinski definition) is 10. The third kappa shape index (κ3) is 6.34. The van der Waals surface area contributed by atoms with E-state index in [1.165, 1.54) is 0 Å². The summed E-state index contributed by atoms with van der Waals surface area (Å²) in [6.45, 7) is 6.69. The van der Waals surface area contributed by atoms with Crippen molar-refractivity contribution in [1.82, 2.24) is 0 Å². The van der Waals surface area contributed by atoms with Crippen LogP contribution in [0.3, 0.4) is 0 Å². The first-order chi connectivity index (χ1) is 22.1. The van der Waals surface area contributed by atoms with Gasteiger partial charge in [-0.25, -0.2) is 4.89 Å². The number of allylic oxidation sites excluding steroid dienone is 1. The minimum atomic E-state index is -1.62. The van der Waals surface area contributed by atoms with Crippen molar-refractivity contribution in [2.45, 2.75) is 140 Å². The van der Waals surface area contributed by atoms with E-state index < -0.39 is 97.7 Å². The van der Waals surface area contributed by atoms with Crippen molar-refractivity contribution < 1.29 is 75.1 Å². The molecule has 0 radical (unpaired) electrons. The fourth-order valence-corrected chi connectivity index (χ4v) is 9.27. The minimum absolute atomic E-state index is 0.00229. The fourth-order valence-electron chi connectivity index (χ4n) is 9.27. The summed E-state index contributed by atoms with van der Waals surface area (Å²) in [6, 6.07) is 0. The summed E-state index contributed by atoms with van der Waals surface area (Å²) in [5.74, 6) is 0.0908. The summed E-state index contributed by atoms with van der Waals surface area (Å²) < 4.78 is 23.0. The van der Waals surface area contributed by atoms with Gasteiger partial charge in [-0.15, -0.1) is 0 Å². The van der Waals surface area contributed by atoms with Gasteiger partial charge in [0.2, 0.25) is 0 Å². The van der Waals surface area contributed by atoms with Crippen LogP contribution in [0.2, 0.25) is 0 Å². The molecule has 0 unspecified atom stereocenters. The molecule has 47 heavy (non-hydrogen) atoms. The van der Waals surface area contributed by atoms with Crippen molar-refractivity contribution in [3.8, 4) is 0 Å². The Hall–Kier alpha value is -0.860. The molecule has 4 fully saturated rings. The second kappa shape index (κ2) is 14.0. The van der Waals surface area contributed by atoms with Crippen LogP contribution in [0, 0.1) is 28.1 Å². The molecule has 17 atom stereocenters. The number of ether oxygens (including phenoxy) is 4. The molecule has 0 amide bonds. The van der Waals surface area contributed by atoms with Gasteiger partial charge >= 0.3 is 0 Å². The zero-order valence-electron chi connectivity index (χ0n) is 27.4. The van der Waals surface area contributed by atoms with Gasteiger partial charge in [0.1, 0.15) is 54.9 Å². The van der Waals surface area contributed by atoms with Gasteiger partial charge < -0.3 is 64.9 Å². The van der Waals surface area contributed by atoms with Gasteiger partial charge in [0, 0.05) is 5.41 Å². The van der Waals surface area contributed by atoms with E-state index in [0.717, 1.165) is 12.0 Å². The van der Waals surface area contributed by atoms with Crippen LogP contribution in [0.4, 0.5) is 0 Å². The Labute approximate surface area is 274 Å². The Balaban J connectivity index is 1.30. The number of hydrogen-bond acceptors (Lipinski definition) is 15. The molecule has 15 heteroatoms. The van der Waals surface area contributed by atoms with Crippen LogP contribution in [0.5, 0.6) is 0 Å². The van der Waals surface area contributed by atoms with Crippen molar-refractivity contribution in [1.29, 1.82) is 0 Å². The summed E-state index contributed by atoms with van der Waals surface area (Å²) in [5.41, 5.74) is -0.828. The Morgan fingerprint density at radius 3 is 1.96 bits per heavy atom. The van der Waals surface area contributed by atoms with E-state index in [9.17, 15) is 51.2 Å². The van der Waals surface area contributed by atoms with Crippen molar-refractivity contribution in [2.75, 3.05) is 19.8 Å². The maximum absolute atomic E-state index is 11.4. The van der Waals surface area contributed by atoms with Crippen LogP contribution in [-0.4, -0.2) is 151 Å². The predicted molar refractivity (Wildman–Crippen MR) is 160 cm³/mol. The molecule has 272 valence electrons. The topological polar surface area (TPSA) is 248 Å². The monoisotopic (exact) mass is 678 g/mol. The average molecular weight is 679 g/mol. The number of fused-ring (bicyclic) bond motifs is 3. The van der Waals surface area contributed by atoms with E-state index in [2.05, 4.69) is 26.8 Å². The van der Waals surface area contributed by atoms with Crippen LogP contribution in [0.25, 0.3) is 0 Å². The van der Waals surface area contributed by atoms with Crippen LogP contribution in [0.15, 0.2) is 11.6 Å². The fraction of sp³-hybridized carbons (Fsp3) is 0.938. The van der Waals surface area contributed by atoms with Gasteiger partial charge in [-0.3, -0.25) is 5.26 Å². The maximum Gasteiger partial charge on any atom is 0.186 e. The molecule has 5 aliphatic rings. The molecule has 3 aliphatic carbocycles. The molecule has 2 saturated heterocycles. The molecule has 0 aromatic heterocycles. The average Bonchev–Trinajstić information content (AvgIpc) is 3.04. The Bertz CT molecular complexity index is 1100. The molecule has 0 bridgehead atoms. The predicted octanol–water partition coefficient (Wildman–Crippen LogP) is -1.60. The molecular formula is C32H54O15. The van der Waals surface area contributed by atoms with E-state index >= 15 is 0 Å². The Morgan fingerprint density at radius 1 is 0.809 bits per heavy atom. The third-order valence-corrected chi connectivity index (χ3v) is 12.4. The lowest BCUT2D eigenvalue weighted by molar-refractivity contribution is -0.330. The lowest BCUT2D eigenvalue weighted by Gasteiger charge is -2.62. The summed E-state index contributed by atoms with van der Waals surface area (Å²) in [7, 11) is 0. The molecule has 2 aliphatic heterocycles. The summed E-state index contributed by atoms with van der Waals surface area (Å²) in [5, 5.41) is 102. The zero-order valence-corrected chi connectivity index (χ0v) is 27.4. The number of aliphatic hydroxyl groups excluding tert-OH is 9. The lowest BCUT2D eigenvalue weighted by Crippen LogP contribution is -2.63. The second-order valence-corrected chi connectivity index (χ2v) is 15.3. The van der Waals surface area contributed by atoms with E-state index in [0.29, 0.717) is 25.7 Å². The van der Waals surface area contributed by atoms with E-state index in [1.807, 2.05) is 0 Å². The second-order valence-electron chi connectivity index (χ2n) is 15.3. The standard InChI is InChI=1S/C32H54O15/c1-30(2)18-6-5-14-15(31(18,3)10-8-20(30)46-29-26(41)24(39)22(37)17(12-34)45-29)7-9-32(4,27(14)47-42)19(35)13-43-28-25(40)23(38)21(36)16(11-33)44-28/h5,15-29,33-42H,6-13H2,1-4H3/t15-,16+,17+,18+,19-,20+,21+,22+,23-,24-,25+,26+,27+,28-,29+,31-,32+/m0/s1. The number of aliphatic hydroxyl groups is 9. The third-order valence-electron chi connectivity index (χ3n) is 12.4. The smallest absolute Gasteiger partial charge is 0.186 e. The summed E-state index contributed by atoms with van der Waals surface area (Å²) in [4.78, 5) is 5.12. The first-order valence-corrected chi connectivity index (χ1v) is 16.6. The number of rotatable bonds is 9. The first-order valence-electron chi connectivity index (χ1n) is 16.6. The van der Waals surface area contributed by atoms with Gasteiger partial charge in [-0.2, -0.15) is 0 Å². The van der Waals surface area contributed by atoms with Crippen LogP contribution in [0.1, 0.15) is 59.8 Å². The summed E-state index contributed by atoms with van der Waals surface area (Å²) in [6.07, 6.45) is -11.5. The van der Waals surface area contributed by atoms with Gasteiger partial charge in [0.15, 0.2) is 12.6 Å². The molecule has 10 N–H and O–H groups in total.